The molecule has 4 rings (SSSR count). The number of para-hydroxylation sites is 1. The number of halogens is 2. The first-order valence-electron chi connectivity index (χ1n) is 10.2. The van der Waals surface area contributed by atoms with E-state index in [1.807, 2.05) is 6.07 Å². The molecule has 0 unspecified atom stereocenters. The van der Waals surface area contributed by atoms with Gasteiger partial charge in [0.05, 0.1) is 34.4 Å². The third kappa shape index (κ3) is 5.20. The van der Waals surface area contributed by atoms with Crippen LogP contribution in [-0.2, 0) is 10.0 Å². The lowest BCUT2D eigenvalue weighted by Gasteiger charge is -2.18. The van der Waals surface area contributed by atoms with E-state index < -0.39 is 22.0 Å². The first-order chi connectivity index (χ1) is 16.7. The molecule has 1 atom stereocenters. The molecule has 1 aromatic heterocycles. The molecule has 11 heteroatoms. The van der Waals surface area contributed by atoms with E-state index in [-0.39, 0.29) is 27.2 Å². The maximum atomic E-state index is 13.3. The minimum absolute atomic E-state index is 0.0239. The summed E-state index contributed by atoms with van der Waals surface area (Å²) in [7, 11) is -4.19. The van der Waals surface area contributed by atoms with Crippen molar-refractivity contribution in [3.8, 4) is 6.07 Å². The van der Waals surface area contributed by atoms with E-state index in [2.05, 4.69) is 20.0 Å². The molecule has 1 heterocycles. The summed E-state index contributed by atoms with van der Waals surface area (Å²) < 4.78 is 29.0. The van der Waals surface area contributed by atoms with Crippen LogP contribution in [0.15, 0.2) is 71.9 Å². The second-order valence-corrected chi connectivity index (χ2v) is 10.0. The fraction of sp³-hybridized carbons (Fsp3) is 0.0833. The number of hydrogen-bond acceptors (Lipinski definition) is 6. The first kappa shape index (κ1) is 24.4. The molecule has 0 fully saturated rings. The normalized spacial score (nSPS) is 12.1. The molecule has 8 nitrogen and oxygen atoms in total. The number of sulfonamides is 1. The third-order valence-corrected chi connectivity index (χ3v) is 7.12. The minimum atomic E-state index is -4.19. The van der Waals surface area contributed by atoms with Crippen molar-refractivity contribution in [2.24, 2.45) is 0 Å². The molecule has 1 amide bonds. The topological polar surface area (TPSA) is 125 Å². The highest BCUT2D eigenvalue weighted by molar-refractivity contribution is 7.93. The van der Waals surface area contributed by atoms with Crippen molar-refractivity contribution in [3.63, 3.8) is 0 Å². The van der Waals surface area contributed by atoms with Crippen molar-refractivity contribution in [1.29, 1.82) is 5.26 Å². The summed E-state index contributed by atoms with van der Waals surface area (Å²) in [5.41, 5.74) is 1.34. The van der Waals surface area contributed by atoms with Gasteiger partial charge < -0.3 is 5.32 Å². The molecule has 0 radical (unpaired) electrons. The standard InChI is InChI=1S/C24H17Cl2N5O3S/c1-14(17-8-6-16(25)12-19(17)26)30-24(32)18-7-5-15(13-27)11-21(18)31-35(33,34)22-4-2-3-20-23(22)29-10-9-28-20/h2-12,14,31H,1H3,(H,30,32)/t14-/m1/s1. The number of carbonyl (C=O) groups is 1. The van der Waals surface area contributed by atoms with E-state index >= 15 is 0 Å². The van der Waals surface area contributed by atoms with Crippen LogP contribution >= 0.6 is 23.2 Å². The number of amides is 1. The molecule has 0 spiro atoms. The average Bonchev–Trinajstić information content (AvgIpc) is 2.83. The summed E-state index contributed by atoms with van der Waals surface area (Å²) in [4.78, 5) is 21.3. The number of nitrogens with one attached hydrogen (secondary N) is 2. The Kier molecular flexibility index (Phi) is 6.89. The van der Waals surface area contributed by atoms with E-state index in [9.17, 15) is 18.5 Å². The number of anilines is 1. The molecule has 0 aliphatic rings. The number of nitriles is 1. The van der Waals surface area contributed by atoms with Crippen molar-refractivity contribution < 1.29 is 13.2 Å². The number of fused-ring (bicyclic) bond motifs is 1. The average molecular weight is 526 g/mol. The number of hydrogen-bond donors (Lipinski definition) is 2. The molecule has 2 N–H and O–H groups in total. The van der Waals surface area contributed by atoms with Gasteiger partial charge in [-0.25, -0.2) is 8.42 Å². The van der Waals surface area contributed by atoms with Gasteiger partial charge in [-0.05, 0) is 55.0 Å². The van der Waals surface area contributed by atoms with Crippen molar-refractivity contribution in [1.82, 2.24) is 15.3 Å². The van der Waals surface area contributed by atoms with E-state index in [1.54, 1.807) is 37.3 Å². The smallest absolute Gasteiger partial charge is 0.264 e. The number of aromatic nitrogens is 2. The summed E-state index contributed by atoms with van der Waals surface area (Å²) in [6, 6.07) is 15.0. The molecule has 0 bridgehead atoms. The number of benzene rings is 3. The number of rotatable bonds is 6. The Morgan fingerprint density at radius 1 is 1.06 bits per heavy atom. The van der Waals surface area contributed by atoms with E-state index in [1.165, 1.54) is 36.7 Å². The highest BCUT2D eigenvalue weighted by Crippen LogP contribution is 2.28. The van der Waals surface area contributed by atoms with Crippen molar-refractivity contribution >= 4 is 55.9 Å². The first-order valence-corrected chi connectivity index (χ1v) is 12.5. The van der Waals surface area contributed by atoms with E-state index in [4.69, 9.17) is 23.2 Å². The predicted octanol–water partition coefficient (Wildman–Crippen LogP) is 5.10. The van der Waals surface area contributed by atoms with Crippen LogP contribution in [0.3, 0.4) is 0 Å². The van der Waals surface area contributed by atoms with Crippen LogP contribution in [0.25, 0.3) is 11.0 Å². The SMILES string of the molecule is C[C@@H](NC(=O)c1ccc(C#N)cc1NS(=O)(=O)c1cccc2nccnc12)c1ccc(Cl)cc1Cl. The van der Waals surface area contributed by atoms with Crippen LogP contribution in [0.2, 0.25) is 10.0 Å². The summed E-state index contributed by atoms with van der Waals surface area (Å²) in [6.45, 7) is 1.73. The molecule has 0 aliphatic carbocycles. The van der Waals surface area contributed by atoms with Crippen LogP contribution < -0.4 is 10.0 Å². The van der Waals surface area contributed by atoms with Gasteiger partial charge in [0.2, 0.25) is 0 Å². The van der Waals surface area contributed by atoms with Gasteiger partial charge >= 0.3 is 0 Å². The van der Waals surface area contributed by atoms with Gasteiger partial charge in [0.15, 0.2) is 0 Å². The summed E-state index contributed by atoms with van der Waals surface area (Å²) in [6.07, 6.45) is 2.85. The Labute approximate surface area is 211 Å². The summed E-state index contributed by atoms with van der Waals surface area (Å²) in [5, 5.41) is 13.0. The van der Waals surface area contributed by atoms with Crippen molar-refractivity contribution in [2.75, 3.05) is 4.72 Å². The van der Waals surface area contributed by atoms with Crippen LogP contribution in [0, 0.1) is 11.3 Å². The zero-order valence-electron chi connectivity index (χ0n) is 18.2. The Morgan fingerprint density at radius 2 is 1.83 bits per heavy atom. The van der Waals surface area contributed by atoms with Gasteiger partial charge in [-0.3, -0.25) is 19.5 Å². The van der Waals surface area contributed by atoms with Crippen LogP contribution in [-0.4, -0.2) is 24.3 Å². The highest BCUT2D eigenvalue weighted by Gasteiger charge is 2.23. The van der Waals surface area contributed by atoms with Gasteiger partial charge in [-0.1, -0.05) is 35.3 Å². The quantitative estimate of drug-likeness (QED) is 0.360. The Morgan fingerprint density at radius 3 is 2.57 bits per heavy atom. The second-order valence-electron chi connectivity index (χ2n) is 7.52. The minimum Gasteiger partial charge on any atom is -0.345 e. The Balaban J connectivity index is 1.69. The van der Waals surface area contributed by atoms with Crippen LogP contribution in [0.5, 0.6) is 0 Å². The van der Waals surface area contributed by atoms with Gasteiger partial charge in [-0.2, -0.15) is 5.26 Å². The molecule has 176 valence electrons. The van der Waals surface area contributed by atoms with E-state index in [0.29, 0.717) is 21.1 Å². The lowest BCUT2D eigenvalue weighted by molar-refractivity contribution is 0.0941. The van der Waals surface area contributed by atoms with Crippen molar-refractivity contribution in [3.05, 3.63) is 93.7 Å². The highest BCUT2D eigenvalue weighted by atomic mass is 35.5. The largest absolute Gasteiger partial charge is 0.345 e. The fourth-order valence-corrected chi connectivity index (χ4v) is 5.29. The van der Waals surface area contributed by atoms with Gasteiger partial charge in [-0.15, -0.1) is 0 Å². The molecule has 35 heavy (non-hydrogen) atoms. The summed E-state index contributed by atoms with van der Waals surface area (Å²) in [5.74, 6) is -0.566. The lowest BCUT2D eigenvalue weighted by Crippen LogP contribution is -2.28. The predicted molar refractivity (Wildman–Crippen MR) is 134 cm³/mol. The van der Waals surface area contributed by atoms with Gasteiger partial charge in [0.25, 0.3) is 15.9 Å². The van der Waals surface area contributed by atoms with E-state index in [0.717, 1.165) is 0 Å². The zero-order chi connectivity index (χ0) is 25.2. The Hall–Kier alpha value is -3.71. The molecule has 0 saturated carbocycles. The summed E-state index contributed by atoms with van der Waals surface area (Å²) >= 11 is 12.2. The second kappa shape index (κ2) is 9.88. The third-order valence-electron chi connectivity index (χ3n) is 5.17. The molecule has 3 aromatic carbocycles. The zero-order valence-corrected chi connectivity index (χ0v) is 20.5. The monoisotopic (exact) mass is 525 g/mol. The van der Waals surface area contributed by atoms with Gasteiger partial charge in [0, 0.05) is 22.4 Å². The van der Waals surface area contributed by atoms with Crippen molar-refractivity contribution in [2.45, 2.75) is 17.9 Å². The maximum absolute atomic E-state index is 13.3. The van der Waals surface area contributed by atoms with Crippen LogP contribution in [0.1, 0.15) is 34.5 Å². The Bertz CT molecular complexity index is 1600. The number of carbonyl (C=O) groups excluding carboxylic acids is 1. The molecule has 4 aromatic rings. The fourth-order valence-electron chi connectivity index (χ4n) is 3.48. The number of nitrogens with zero attached hydrogens (tertiary/aromatic N) is 3. The molecular weight excluding hydrogens is 509 g/mol. The molecule has 0 saturated heterocycles. The van der Waals surface area contributed by atoms with Gasteiger partial charge in [0.1, 0.15) is 10.4 Å². The van der Waals surface area contributed by atoms with Crippen LogP contribution in [0.4, 0.5) is 5.69 Å². The molecule has 0 aliphatic heterocycles. The maximum Gasteiger partial charge on any atom is 0.264 e. The molecular formula is C24H17Cl2N5O3S. The lowest BCUT2D eigenvalue weighted by atomic mass is 10.1.